The van der Waals surface area contributed by atoms with Crippen molar-refractivity contribution >= 4 is 45.9 Å². The molecular formula is C21H12Cl2N2O4. The minimum atomic E-state index is -0.764. The van der Waals surface area contributed by atoms with E-state index in [-0.39, 0.29) is 28.2 Å². The summed E-state index contributed by atoms with van der Waals surface area (Å²) in [7, 11) is 0. The fraction of sp³-hybridized carbons (Fsp3) is 0.0952. The van der Waals surface area contributed by atoms with Crippen LogP contribution in [0, 0.1) is 6.92 Å². The number of anilines is 1. The van der Waals surface area contributed by atoms with Crippen LogP contribution in [-0.2, 0) is 0 Å². The second-order valence-corrected chi connectivity index (χ2v) is 7.62. The van der Waals surface area contributed by atoms with Crippen molar-refractivity contribution in [1.29, 1.82) is 0 Å². The molecule has 8 heteroatoms. The third-order valence-corrected chi connectivity index (χ3v) is 5.33. The van der Waals surface area contributed by atoms with Crippen molar-refractivity contribution in [3.8, 4) is 0 Å². The molecule has 6 nitrogen and oxygen atoms in total. The van der Waals surface area contributed by atoms with Gasteiger partial charge in [0.15, 0.2) is 11.2 Å². The van der Waals surface area contributed by atoms with E-state index in [1.807, 2.05) is 0 Å². The summed E-state index contributed by atoms with van der Waals surface area (Å²) in [6.07, 6.45) is 0. The average Bonchev–Trinajstić information content (AvgIpc) is 3.24. The highest BCUT2D eigenvalue weighted by Crippen LogP contribution is 2.41. The second kappa shape index (κ2) is 6.47. The number of hydrogen-bond donors (Lipinski definition) is 0. The zero-order valence-electron chi connectivity index (χ0n) is 15.0. The molecule has 5 rings (SSSR count). The van der Waals surface area contributed by atoms with Gasteiger partial charge in [-0.15, -0.1) is 0 Å². The number of carbonyl (C=O) groups excluding carboxylic acids is 1. The van der Waals surface area contributed by atoms with Crippen LogP contribution in [0.15, 0.2) is 62.3 Å². The van der Waals surface area contributed by atoms with Gasteiger partial charge < -0.3 is 8.94 Å². The van der Waals surface area contributed by atoms with Gasteiger partial charge in [0, 0.05) is 16.1 Å². The number of aromatic nitrogens is 1. The van der Waals surface area contributed by atoms with Crippen LogP contribution >= 0.6 is 23.2 Å². The molecule has 0 fully saturated rings. The maximum atomic E-state index is 13.4. The van der Waals surface area contributed by atoms with Crippen molar-refractivity contribution in [3.05, 3.63) is 91.4 Å². The zero-order chi connectivity index (χ0) is 20.3. The van der Waals surface area contributed by atoms with Gasteiger partial charge in [-0.25, -0.2) is 0 Å². The van der Waals surface area contributed by atoms with E-state index in [2.05, 4.69) is 5.16 Å². The topological polar surface area (TPSA) is 76.6 Å². The molecule has 2 aromatic carbocycles. The largest absolute Gasteiger partial charge is 0.450 e. The van der Waals surface area contributed by atoms with Crippen molar-refractivity contribution in [1.82, 2.24) is 5.16 Å². The normalized spacial score (nSPS) is 15.9. The molecule has 1 aliphatic heterocycles. The molecule has 0 spiro atoms. The minimum absolute atomic E-state index is 0.0320. The first-order valence-electron chi connectivity index (χ1n) is 8.72. The molecule has 0 saturated heterocycles. The van der Waals surface area contributed by atoms with Crippen molar-refractivity contribution < 1.29 is 13.7 Å². The molecule has 29 heavy (non-hydrogen) atoms. The summed E-state index contributed by atoms with van der Waals surface area (Å²) >= 11 is 12.3. The lowest BCUT2D eigenvalue weighted by Crippen LogP contribution is -2.29. The van der Waals surface area contributed by atoms with Crippen LogP contribution in [0.5, 0.6) is 0 Å². The number of hydrogen-bond acceptors (Lipinski definition) is 5. The summed E-state index contributed by atoms with van der Waals surface area (Å²) in [5.41, 5.74) is 0.825. The number of aryl methyl sites for hydroxylation is 1. The number of fused-ring (bicyclic) bond motifs is 2. The predicted molar refractivity (Wildman–Crippen MR) is 109 cm³/mol. The molecule has 144 valence electrons. The van der Waals surface area contributed by atoms with Crippen LogP contribution < -0.4 is 10.3 Å². The lowest BCUT2D eigenvalue weighted by atomic mass is 9.98. The van der Waals surface area contributed by atoms with E-state index in [4.69, 9.17) is 32.1 Å². The van der Waals surface area contributed by atoms with Crippen molar-refractivity contribution in [3.63, 3.8) is 0 Å². The summed E-state index contributed by atoms with van der Waals surface area (Å²) in [6, 6.07) is 12.5. The van der Waals surface area contributed by atoms with Gasteiger partial charge in [-0.3, -0.25) is 14.5 Å². The lowest BCUT2D eigenvalue weighted by Gasteiger charge is -2.22. The van der Waals surface area contributed by atoms with E-state index in [1.54, 1.807) is 49.4 Å². The van der Waals surface area contributed by atoms with E-state index < -0.39 is 11.9 Å². The Morgan fingerprint density at radius 2 is 1.83 bits per heavy atom. The Morgan fingerprint density at radius 3 is 2.55 bits per heavy atom. The van der Waals surface area contributed by atoms with E-state index in [1.165, 1.54) is 11.0 Å². The smallest absolute Gasteiger partial charge is 0.296 e. The number of carbonyl (C=O) groups is 1. The molecule has 2 aromatic heterocycles. The van der Waals surface area contributed by atoms with E-state index >= 15 is 0 Å². The van der Waals surface area contributed by atoms with Gasteiger partial charge in [-0.05, 0) is 42.8 Å². The quantitative estimate of drug-likeness (QED) is 0.443. The summed E-state index contributed by atoms with van der Waals surface area (Å²) in [6.45, 7) is 1.72. The summed E-state index contributed by atoms with van der Waals surface area (Å²) in [5, 5.41) is 5.16. The molecule has 0 aliphatic carbocycles. The van der Waals surface area contributed by atoms with Gasteiger partial charge in [-0.2, -0.15) is 0 Å². The monoisotopic (exact) mass is 426 g/mol. The Balaban J connectivity index is 1.84. The summed E-state index contributed by atoms with van der Waals surface area (Å²) < 4.78 is 11.0. The van der Waals surface area contributed by atoms with Crippen LogP contribution in [0.1, 0.15) is 33.5 Å². The fourth-order valence-corrected chi connectivity index (χ4v) is 4.01. The van der Waals surface area contributed by atoms with Gasteiger partial charge >= 0.3 is 0 Å². The molecule has 0 N–H and O–H groups in total. The maximum Gasteiger partial charge on any atom is 0.296 e. The number of benzene rings is 2. The first-order chi connectivity index (χ1) is 13.9. The molecule has 4 aromatic rings. The van der Waals surface area contributed by atoms with Crippen LogP contribution in [0.3, 0.4) is 0 Å². The van der Waals surface area contributed by atoms with Gasteiger partial charge in [0.25, 0.3) is 5.91 Å². The number of nitrogens with zero attached hydrogens (tertiary/aromatic N) is 2. The van der Waals surface area contributed by atoms with Crippen molar-refractivity contribution in [2.75, 3.05) is 4.90 Å². The molecule has 0 radical (unpaired) electrons. The first-order valence-corrected chi connectivity index (χ1v) is 9.48. The highest BCUT2D eigenvalue weighted by atomic mass is 35.5. The maximum absolute atomic E-state index is 13.4. The summed E-state index contributed by atoms with van der Waals surface area (Å²) in [4.78, 5) is 28.1. The van der Waals surface area contributed by atoms with Crippen molar-refractivity contribution in [2.24, 2.45) is 0 Å². The zero-order valence-corrected chi connectivity index (χ0v) is 16.5. The average molecular weight is 427 g/mol. The van der Waals surface area contributed by atoms with Crippen LogP contribution in [-0.4, -0.2) is 11.1 Å². The molecule has 1 aliphatic rings. The van der Waals surface area contributed by atoms with Crippen molar-refractivity contribution in [2.45, 2.75) is 13.0 Å². The standard InChI is InChI=1S/C21H12Cl2N2O4/c1-10-7-16(24-29-10)25-18(11-3-2-4-12(22)8-11)17-19(26)14-9-13(23)5-6-15(14)28-20(17)21(25)27/h2-9,18H,1H3/t18-/m1/s1. The van der Waals surface area contributed by atoms with Crippen LogP contribution in [0.25, 0.3) is 11.0 Å². The van der Waals surface area contributed by atoms with Gasteiger partial charge in [0.1, 0.15) is 11.3 Å². The predicted octanol–water partition coefficient (Wildman–Crippen LogP) is 5.15. The number of halogens is 2. The molecular weight excluding hydrogens is 415 g/mol. The third-order valence-electron chi connectivity index (χ3n) is 4.86. The lowest BCUT2D eigenvalue weighted by molar-refractivity contribution is 0.0969. The molecule has 0 saturated carbocycles. The van der Waals surface area contributed by atoms with E-state index in [0.29, 0.717) is 26.8 Å². The molecule has 0 bridgehead atoms. The Labute approximate surface area is 174 Å². The Kier molecular flexibility index (Phi) is 4.01. The summed E-state index contributed by atoms with van der Waals surface area (Å²) in [5.74, 6) is 0.304. The Bertz CT molecular complexity index is 1360. The van der Waals surface area contributed by atoms with Gasteiger partial charge in [0.05, 0.1) is 17.0 Å². The van der Waals surface area contributed by atoms with Gasteiger partial charge in [-0.1, -0.05) is 40.5 Å². The highest BCUT2D eigenvalue weighted by molar-refractivity contribution is 6.31. The molecule has 1 atom stereocenters. The first kappa shape index (κ1) is 18.0. The Morgan fingerprint density at radius 1 is 1.03 bits per heavy atom. The highest BCUT2D eigenvalue weighted by Gasteiger charge is 2.44. The molecule has 1 amide bonds. The number of rotatable bonds is 2. The molecule has 3 heterocycles. The van der Waals surface area contributed by atoms with Crippen LogP contribution in [0.2, 0.25) is 10.0 Å². The minimum Gasteiger partial charge on any atom is -0.450 e. The SMILES string of the molecule is Cc1cc(N2C(=O)c3oc4ccc(Cl)cc4c(=O)c3[C@H]2c2cccc(Cl)c2)no1. The van der Waals surface area contributed by atoms with Gasteiger partial charge in [0.2, 0.25) is 5.76 Å². The number of amides is 1. The van der Waals surface area contributed by atoms with E-state index in [9.17, 15) is 9.59 Å². The van der Waals surface area contributed by atoms with E-state index in [0.717, 1.165) is 0 Å². The molecule has 0 unspecified atom stereocenters. The second-order valence-electron chi connectivity index (χ2n) is 6.74. The van der Waals surface area contributed by atoms with Crippen LogP contribution in [0.4, 0.5) is 5.82 Å². The Hall–Kier alpha value is -3.09. The fourth-order valence-electron chi connectivity index (χ4n) is 3.64. The third kappa shape index (κ3) is 2.75.